The summed E-state index contributed by atoms with van der Waals surface area (Å²) in [6.07, 6.45) is 8.25. The fourth-order valence-electron chi connectivity index (χ4n) is 2.35. The van der Waals surface area contributed by atoms with Crippen LogP contribution < -0.4 is 11.1 Å². The maximum atomic E-state index is 5.57. The van der Waals surface area contributed by atoms with Gasteiger partial charge in [-0.2, -0.15) is 4.98 Å². The van der Waals surface area contributed by atoms with Crippen molar-refractivity contribution >= 4 is 11.8 Å². The van der Waals surface area contributed by atoms with Crippen LogP contribution in [-0.4, -0.2) is 16.0 Å². The number of aromatic nitrogens is 2. The van der Waals surface area contributed by atoms with Crippen LogP contribution in [0.15, 0.2) is 12.3 Å². The van der Waals surface area contributed by atoms with Crippen LogP contribution in [0, 0.1) is 5.92 Å². The highest BCUT2D eigenvalue weighted by Gasteiger charge is 2.19. The van der Waals surface area contributed by atoms with Crippen molar-refractivity contribution in [3.8, 4) is 0 Å². The molecule has 88 valence electrons. The third kappa shape index (κ3) is 2.84. The Balaban J connectivity index is 2.02. The van der Waals surface area contributed by atoms with Crippen LogP contribution in [0.2, 0.25) is 0 Å². The minimum absolute atomic E-state index is 0.339. The van der Waals surface area contributed by atoms with E-state index in [0.29, 0.717) is 17.9 Å². The highest BCUT2D eigenvalue weighted by molar-refractivity contribution is 5.38. The smallest absolute Gasteiger partial charge is 0.221 e. The average molecular weight is 220 g/mol. The number of anilines is 2. The van der Waals surface area contributed by atoms with E-state index in [9.17, 15) is 0 Å². The number of hydrogen-bond acceptors (Lipinski definition) is 4. The van der Waals surface area contributed by atoms with Crippen LogP contribution in [0.5, 0.6) is 0 Å². The van der Waals surface area contributed by atoms with Crippen LogP contribution in [0.3, 0.4) is 0 Å². The van der Waals surface area contributed by atoms with Gasteiger partial charge in [0.05, 0.1) is 0 Å². The molecule has 4 heteroatoms. The molecule has 0 amide bonds. The molecule has 1 aliphatic carbocycles. The quantitative estimate of drug-likeness (QED) is 0.751. The van der Waals surface area contributed by atoms with E-state index in [0.717, 1.165) is 5.82 Å². The fraction of sp³-hybridized carbons (Fsp3) is 0.667. The Morgan fingerprint density at radius 3 is 2.94 bits per heavy atom. The monoisotopic (exact) mass is 220 g/mol. The number of nitrogens with one attached hydrogen (secondary N) is 1. The van der Waals surface area contributed by atoms with Gasteiger partial charge in [0.2, 0.25) is 5.95 Å². The van der Waals surface area contributed by atoms with Crippen molar-refractivity contribution < 1.29 is 0 Å². The molecule has 1 aliphatic rings. The van der Waals surface area contributed by atoms with Gasteiger partial charge < -0.3 is 11.1 Å². The second-order valence-corrected chi connectivity index (χ2v) is 4.67. The molecule has 1 aromatic heterocycles. The van der Waals surface area contributed by atoms with Gasteiger partial charge >= 0.3 is 0 Å². The van der Waals surface area contributed by atoms with Crippen molar-refractivity contribution in [3.05, 3.63) is 12.3 Å². The number of nitrogen functional groups attached to an aromatic ring is 1. The summed E-state index contributed by atoms with van der Waals surface area (Å²) in [4.78, 5) is 8.09. The lowest BCUT2D eigenvalue weighted by atomic mass is 9.97. The Kier molecular flexibility index (Phi) is 3.59. The molecule has 2 rings (SSSR count). The van der Waals surface area contributed by atoms with Crippen LogP contribution in [0.25, 0.3) is 0 Å². The van der Waals surface area contributed by atoms with E-state index in [-0.39, 0.29) is 0 Å². The number of rotatable bonds is 2. The summed E-state index contributed by atoms with van der Waals surface area (Å²) >= 11 is 0. The first kappa shape index (κ1) is 11.2. The number of nitrogens with two attached hydrogens (primary N) is 1. The van der Waals surface area contributed by atoms with E-state index in [1.165, 1.54) is 32.1 Å². The third-order valence-electron chi connectivity index (χ3n) is 3.37. The number of nitrogens with zero attached hydrogens (tertiary/aromatic N) is 2. The lowest BCUT2D eigenvalue weighted by Crippen LogP contribution is -2.26. The van der Waals surface area contributed by atoms with E-state index in [1.807, 2.05) is 6.07 Å². The second-order valence-electron chi connectivity index (χ2n) is 4.67. The van der Waals surface area contributed by atoms with Gasteiger partial charge in [-0.1, -0.05) is 26.2 Å². The van der Waals surface area contributed by atoms with Crippen LogP contribution in [0.1, 0.15) is 39.0 Å². The van der Waals surface area contributed by atoms with Crippen molar-refractivity contribution in [1.29, 1.82) is 0 Å². The molecule has 0 bridgehead atoms. The Morgan fingerprint density at radius 1 is 1.31 bits per heavy atom. The van der Waals surface area contributed by atoms with Crippen LogP contribution in [-0.2, 0) is 0 Å². The second kappa shape index (κ2) is 5.14. The Labute approximate surface area is 96.7 Å². The highest BCUT2D eigenvalue weighted by Crippen LogP contribution is 2.25. The van der Waals surface area contributed by atoms with Crippen molar-refractivity contribution in [2.45, 2.75) is 45.1 Å². The molecule has 1 aromatic rings. The number of hydrogen-bond donors (Lipinski definition) is 2. The maximum absolute atomic E-state index is 5.57. The topological polar surface area (TPSA) is 63.8 Å². The highest BCUT2D eigenvalue weighted by atomic mass is 15.1. The Hall–Kier alpha value is -1.32. The lowest BCUT2D eigenvalue weighted by Gasteiger charge is -2.23. The summed E-state index contributed by atoms with van der Waals surface area (Å²) in [6.45, 7) is 2.31. The summed E-state index contributed by atoms with van der Waals surface area (Å²) in [6, 6.07) is 2.41. The lowest BCUT2D eigenvalue weighted by molar-refractivity contribution is 0.455. The van der Waals surface area contributed by atoms with Gasteiger partial charge in [0, 0.05) is 12.2 Å². The van der Waals surface area contributed by atoms with Crippen molar-refractivity contribution in [2.24, 2.45) is 5.92 Å². The van der Waals surface area contributed by atoms with E-state index in [2.05, 4.69) is 22.2 Å². The minimum Gasteiger partial charge on any atom is -0.368 e. The third-order valence-corrected chi connectivity index (χ3v) is 3.37. The maximum Gasteiger partial charge on any atom is 0.221 e. The first-order valence-electron chi connectivity index (χ1n) is 6.11. The molecule has 2 unspecified atom stereocenters. The molecule has 0 spiro atoms. The van der Waals surface area contributed by atoms with Gasteiger partial charge in [-0.15, -0.1) is 0 Å². The SMILES string of the molecule is CC1CCCCCC1Nc1ccnc(N)n1. The van der Waals surface area contributed by atoms with Gasteiger partial charge in [0.25, 0.3) is 0 Å². The molecule has 1 heterocycles. The fourth-order valence-corrected chi connectivity index (χ4v) is 2.35. The van der Waals surface area contributed by atoms with Crippen molar-refractivity contribution in [3.63, 3.8) is 0 Å². The molecule has 0 saturated heterocycles. The molecule has 0 aliphatic heterocycles. The normalized spacial score (nSPS) is 26.1. The average Bonchev–Trinajstić information content (AvgIpc) is 2.45. The molecule has 1 fully saturated rings. The zero-order valence-electron chi connectivity index (χ0n) is 9.82. The van der Waals surface area contributed by atoms with Crippen molar-refractivity contribution in [2.75, 3.05) is 11.1 Å². The Bertz CT molecular complexity index is 340. The standard InChI is InChI=1S/C12H20N4/c1-9-5-3-2-4-6-10(9)15-11-7-8-14-12(13)16-11/h7-10H,2-6H2,1H3,(H3,13,14,15,16). The molecule has 3 N–H and O–H groups in total. The molecule has 2 atom stereocenters. The van der Waals surface area contributed by atoms with Crippen molar-refractivity contribution in [1.82, 2.24) is 9.97 Å². The predicted molar refractivity (Wildman–Crippen MR) is 66.1 cm³/mol. The van der Waals surface area contributed by atoms with Gasteiger partial charge in [-0.25, -0.2) is 4.98 Å². The molecule has 0 radical (unpaired) electrons. The van der Waals surface area contributed by atoms with Crippen LogP contribution >= 0.6 is 0 Å². The molecule has 4 nitrogen and oxygen atoms in total. The summed E-state index contributed by atoms with van der Waals surface area (Å²) in [5, 5.41) is 3.48. The first-order valence-corrected chi connectivity index (χ1v) is 6.11. The van der Waals surface area contributed by atoms with Gasteiger partial charge in [0.1, 0.15) is 5.82 Å². The summed E-state index contributed by atoms with van der Waals surface area (Å²) in [5.41, 5.74) is 5.57. The van der Waals surface area contributed by atoms with Crippen LogP contribution in [0.4, 0.5) is 11.8 Å². The van der Waals surface area contributed by atoms with E-state index >= 15 is 0 Å². The van der Waals surface area contributed by atoms with Gasteiger partial charge in [-0.05, 0) is 24.8 Å². The van der Waals surface area contributed by atoms with E-state index < -0.39 is 0 Å². The zero-order chi connectivity index (χ0) is 11.4. The molecular formula is C12H20N4. The summed E-state index contributed by atoms with van der Waals surface area (Å²) in [7, 11) is 0. The van der Waals surface area contributed by atoms with Gasteiger partial charge in [-0.3, -0.25) is 0 Å². The predicted octanol–water partition coefficient (Wildman–Crippen LogP) is 2.44. The van der Waals surface area contributed by atoms with E-state index in [1.54, 1.807) is 6.20 Å². The zero-order valence-corrected chi connectivity index (χ0v) is 9.82. The summed E-state index contributed by atoms with van der Waals surface area (Å²) in [5.74, 6) is 1.90. The minimum atomic E-state index is 0.339. The molecular weight excluding hydrogens is 200 g/mol. The Morgan fingerprint density at radius 2 is 2.12 bits per heavy atom. The largest absolute Gasteiger partial charge is 0.368 e. The van der Waals surface area contributed by atoms with Gasteiger partial charge in [0.15, 0.2) is 0 Å². The first-order chi connectivity index (χ1) is 7.75. The van der Waals surface area contributed by atoms with E-state index in [4.69, 9.17) is 5.73 Å². The summed E-state index contributed by atoms with van der Waals surface area (Å²) < 4.78 is 0. The molecule has 1 saturated carbocycles. The molecule has 0 aromatic carbocycles. The molecule has 16 heavy (non-hydrogen) atoms.